The van der Waals surface area contributed by atoms with E-state index in [1.54, 1.807) is 12.7 Å². The van der Waals surface area contributed by atoms with Crippen LogP contribution in [-0.2, 0) is 11.2 Å². The highest BCUT2D eigenvalue weighted by molar-refractivity contribution is 5.74. The molecule has 0 heterocycles. The van der Waals surface area contributed by atoms with Crippen molar-refractivity contribution in [3.63, 3.8) is 0 Å². The Morgan fingerprint density at radius 1 is 1.18 bits per heavy atom. The van der Waals surface area contributed by atoms with Gasteiger partial charge in [-0.3, -0.25) is 0 Å². The minimum absolute atomic E-state index is 0.0694. The maximum Gasteiger partial charge on any atom is 0.119 e. The smallest absolute Gasteiger partial charge is 0.119 e. The summed E-state index contributed by atoms with van der Waals surface area (Å²) in [7, 11) is 1.77. The summed E-state index contributed by atoms with van der Waals surface area (Å²) in [5.41, 5.74) is 4.80. The Labute approximate surface area is 171 Å². The van der Waals surface area contributed by atoms with Crippen molar-refractivity contribution >= 4 is 5.57 Å². The summed E-state index contributed by atoms with van der Waals surface area (Å²) in [5, 5.41) is 0. The quantitative estimate of drug-likeness (QED) is 0.581. The zero-order chi connectivity index (χ0) is 20.1. The fourth-order valence-corrected chi connectivity index (χ4v) is 6.66. The zero-order valence-corrected chi connectivity index (χ0v) is 18.7. The molecule has 28 heavy (non-hydrogen) atoms. The van der Waals surface area contributed by atoms with Gasteiger partial charge in [-0.15, -0.1) is 0 Å². The summed E-state index contributed by atoms with van der Waals surface area (Å²) in [5.74, 6) is 3.07. The van der Waals surface area contributed by atoms with Gasteiger partial charge in [0.05, 0.1) is 18.8 Å². The number of hydrogen-bond acceptors (Lipinski definition) is 2. The molecule has 0 spiro atoms. The lowest BCUT2D eigenvalue weighted by Gasteiger charge is -2.57. The van der Waals surface area contributed by atoms with Gasteiger partial charge in [-0.2, -0.15) is 0 Å². The number of methoxy groups -OCH3 is 1. The minimum atomic E-state index is -0.0694. The predicted octanol–water partition coefficient (Wildman–Crippen LogP) is 6.67. The van der Waals surface area contributed by atoms with Crippen LogP contribution >= 0.6 is 0 Å². The molecule has 0 radical (unpaired) electrons. The monoisotopic (exact) mass is 382 g/mol. The molecule has 0 amide bonds. The molecule has 0 N–H and O–H groups in total. The first-order valence-corrected chi connectivity index (χ1v) is 11.3. The van der Waals surface area contributed by atoms with Crippen LogP contribution in [-0.4, -0.2) is 18.8 Å². The molecular formula is C26H38O2. The number of fused-ring (bicyclic) bond motifs is 5. The molecule has 154 valence electrons. The van der Waals surface area contributed by atoms with Crippen molar-refractivity contribution in [2.24, 2.45) is 23.2 Å². The van der Waals surface area contributed by atoms with Gasteiger partial charge in [-0.05, 0) is 99.5 Å². The van der Waals surface area contributed by atoms with Crippen LogP contribution in [0.2, 0.25) is 0 Å². The van der Waals surface area contributed by atoms with Crippen LogP contribution in [0.15, 0.2) is 24.3 Å². The van der Waals surface area contributed by atoms with Crippen molar-refractivity contribution in [1.29, 1.82) is 0 Å². The molecule has 1 aromatic carbocycles. The van der Waals surface area contributed by atoms with E-state index in [0.717, 1.165) is 18.1 Å². The average Bonchev–Trinajstić information content (AvgIpc) is 2.66. The maximum absolute atomic E-state index is 6.71. The number of ether oxygens (including phenoxy) is 2. The highest BCUT2D eigenvalue weighted by atomic mass is 16.5. The van der Waals surface area contributed by atoms with E-state index in [2.05, 4.69) is 58.9 Å². The zero-order valence-electron chi connectivity index (χ0n) is 18.7. The molecule has 1 saturated carbocycles. The van der Waals surface area contributed by atoms with Crippen molar-refractivity contribution in [3.8, 4) is 5.75 Å². The largest absolute Gasteiger partial charge is 0.497 e. The van der Waals surface area contributed by atoms with Gasteiger partial charge in [0.25, 0.3) is 0 Å². The Balaban J connectivity index is 1.76. The Kier molecular flexibility index (Phi) is 5.15. The maximum atomic E-state index is 6.71. The summed E-state index contributed by atoms with van der Waals surface area (Å²) in [6, 6.07) is 6.71. The lowest BCUT2D eigenvalue weighted by Crippen LogP contribution is -2.53. The second-order valence-electron chi connectivity index (χ2n) is 10.4. The second-order valence-corrected chi connectivity index (χ2v) is 10.4. The van der Waals surface area contributed by atoms with Crippen LogP contribution in [0.3, 0.4) is 0 Å². The Hall–Kier alpha value is -1.28. The molecule has 0 aromatic heterocycles. The number of rotatable bonds is 3. The van der Waals surface area contributed by atoms with Crippen LogP contribution in [0.4, 0.5) is 0 Å². The summed E-state index contributed by atoms with van der Waals surface area (Å²) in [4.78, 5) is 0. The molecule has 4 rings (SSSR count). The molecule has 5 atom stereocenters. The first-order valence-electron chi connectivity index (χ1n) is 11.3. The Morgan fingerprint density at radius 3 is 2.64 bits per heavy atom. The normalized spacial score (nSPS) is 34.7. The Bertz CT molecular complexity index is 756. The second kappa shape index (κ2) is 7.20. The summed E-state index contributed by atoms with van der Waals surface area (Å²) in [6.07, 6.45) is 10.4. The van der Waals surface area contributed by atoms with E-state index in [1.165, 1.54) is 43.2 Å². The van der Waals surface area contributed by atoms with Crippen LogP contribution in [0.1, 0.15) is 77.8 Å². The van der Waals surface area contributed by atoms with Gasteiger partial charge in [-0.25, -0.2) is 0 Å². The third-order valence-corrected chi connectivity index (χ3v) is 7.79. The molecule has 1 fully saturated rings. The lowest BCUT2D eigenvalue weighted by molar-refractivity contribution is -0.165. The third kappa shape index (κ3) is 3.22. The molecule has 5 unspecified atom stereocenters. The highest BCUT2D eigenvalue weighted by Gasteiger charge is 2.54. The first kappa shape index (κ1) is 20.0. The van der Waals surface area contributed by atoms with Crippen LogP contribution < -0.4 is 4.74 Å². The molecule has 2 heteroatoms. The van der Waals surface area contributed by atoms with Crippen molar-refractivity contribution < 1.29 is 9.47 Å². The Morgan fingerprint density at radius 2 is 1.96 bits per heavy atom. The van der Waals surface area contributed by atoms with E-state index < -0.39 is 0 Å². The molecule has 1 aromatic rings. The molecular weight excluding hydrogens is 344 g/mol. The fourth-order valence-electron chi connectivity index (χ4n) is 6.66. The average molecular weight is 383 g/mol. The molecule has 3 aliphatic rings. The van der Waals surface area contributed by atoms with Gasteiger partial charge in [0, 0.05) is 5.41 Å². The summed E-state index contributed by atoms with van der Waals surface area (Å²) < 4.78 is 12.2. The number of hydrogen-bond donors (Lipinski definition) is 0. The van der Waals surface area contributed by atoms with E-state index in [-0.39, 0.29) is 5.60 Å². The molecule has 0 bridgehead atoms. The standard InChI is InChI=1S/C26H38O2/c1-7-26-14-13-21-20-12-11-19(27-6)16-18(20)15-17(2)24(21)22(26)9-8-10-23(26)28-25(3,4)5/h11-13,16-17,22-24H,7-10,14-15H2,1-6H3. The van der Waals surface area contributed by atoms with E-state index in [1.807, 2.05) is 0 Å². The fraction of sp³-hybridized carbons (Fsp3) is 0.692. The topological polar surface area (TPSA) is 18.5 Å². The SMILES string of the molecule is CCC12CC=C3c4ccc(OC)cc4CC(C)C3C1CCCC2OC(C)(C)C. The van der Waals surface area contributed by atoms with Crippen molar-refractivity contribution in [3.05, 3.63) is 35.4 Å². The summed E-state index contributed by atoms with van der Waals surface area (Å²) in [6.45, 7) is 11.5. The van der Waals surface area contributed by atoms with Gasteiger partial charge in [0.15, 0.2) is 0 Å². The van der Waals surface area contributed by atoms with Gasteiger partial charge in [0.2, 0.25) is 0 Å². The number of allylic oxidation sites excluding steroid dienone is 2. The van der Waals surface area contributed by atoms with Gasteiger partial charge >= 0.3 is 0 Å². The first-order chi connectivity index (χ1) is 13.3. The predicted molar refractivity (Wildman–Crippen MR) is 117 cm³/mol. The molecule has 0 saturated heterocycles. The van der Waals surface area contributed by atoms with Gasteiger partial charge in [0.1, 0.15) is 5.75 Å². The van der Waals surface area contributed by atoms with E-state index in [0.29, 0.717) is 23.4 Å². The van der Waals surface area contributed by atoms with Crippen LogP contribution in [0.5, 0.6) is 5.75 Å². The van der Waals surface area contributed by atoms with Crippen molar-refractivity contribution in [2.45, 2.75) is 84.8 Å². The molecule has 2 nitrogen and oxygen atoms in total. The van der Waals surface area contributed by atoms with Gasteiger partial charge < -0.3 is 9.47 Å². The lowest BCUT2D eigenvalue weighted by atomic mass is 9.50. The van der Waals surface area contributed by atoms with Crippen LogP contribution in [0, 0.1) is 23.2 Å². The highest BCUT2D eigenvalue weighted by Crippen LogP contribution is 2.60. The van der Waals surface area contributed by atoms with E-state index in [9.17, 15) is 0 Å². The molecule has 3 aliphatic carbocycles. The van der Waals surface area contributed by atoms with Crippen LogP contribution in [0.25, 0.3) is 5.57 Å². The summed E-state index contributed by atoms with van der Waals surface area (Å²) >= 11 is 0. The van der Waals surface area contributed by atoms with Gasteiger partial charge in [-0.1, -0.05) is 32.4 Å². The third-order valence-electron chi connectivity index (χ3n) is 7.79. The van der Waals surface area contributed by atoms with E-state index >= 15 is 0 Å². The van der Waals surface area contributed by atoms with Crippen molar-refractivity contribution in [1.82, 2.24) is 0 Å². The molecule has 0 aliphatic heterocycles. The van der Waals surface area contributed by atoms with E-state index in [4.69, 9.17) is 9.47 Å². The van der Waals surface area contributed by atoms with Crippen molar-refractivity contribution in [2.75, 3.05) is 7.11 Å². The minimum Gasteiger partial charge on any atom is -0.497 e. The number of benzene rings is 1.